The molecule has 0 aliphatic heterocycles. The number of carbonyl (C=O) groups is 2. The van der Waals surface area contributed by atoms with E-state index in [1.54, 1.807) is 18.2 Å². The number of benzene rings is 1. The Morgan fingerprint density at radius 2 is 1.91 bits per heavy atom. The number of carbonyl (C=O) groups excluding carboxylic acids is 2. The van der Waals surface area contributed by atoms with E-state index < -0.39 is 11.9 Å². The Bertz CT molecular complexity index is 510. The molecular formula is C17H24N2O3. The molecule has 0 saturated heterocycles. The largest absolute Gasteiger partial charge is 0.493 e. The van der Waals surface area contributed by atoms with Crippen LogP contribution in [0.25, 0.3) is 0 Å². The second-order valence-corrected chi connectivity index (χ2v) is 5.61. The molecule has 0 atom stereocenters. The van der Waals surface area contributed by atoms with Crippen molar-refractivity contribution in [3.63, 3.8) is 0 Å². The highest BCUT2D eigenvalue weighted by molar-refractivity contribution is 6.05. The topological polar surface area (TPSA) is 67.4 Å². The van der Waals surface area contributed by atoms with Gasteiger partial charge in [0.25, 0.3) is 5.91 Å². The van der Waals surface area contributed by atoms with Crippen LogP contribution in [0.2, 0.25) is 0 Å². The molecule has 0 radical (unpaired) electrons. The van der Waals surface area contributed by atoms with Crippen molar-refractivity contribution in [2.45, 2.75) is 51.5 Å². The first-order valence-corrected chi connectivity index (χ1v) is 8.04. The summed E-state index contributed by atoms with van der Waals surface area (Å²) in [5.74, 6) is 0.0762. The normalized spacial score (nSPS) is 15.1. The van der Waals surface area contributed by atoms with Crippen LogP contribution in [-0.4, -0.2) is 24.6 Å². The third kappa shape index (κ3) is 4.76. The number of hydrogen-bond donors (Lipinski definition) is 2. The molecule has 0 unspecified atom stereocenters. The Morgan fingerprint density at radius 1 is 1.18 bits per heavy atom. The highest BCUT2D eigenvalue weighted by Crippen LogP contribution is 2.19. The van der Waals surface area contributed by atoms with Gasteiger partial charge in [0.1, 0.15) is 5.75 Å². The molecule has 2 rings (SSSR count). The predicted molar refractivity (Wildman–Crippen MR) is 85.1 cm³/mol. The molecule has 0 spiro atoms. The van der Waals surface area contributed by atoms with Crippen molar-refractivity contribution in [2.75, 3.05) is 6.61 Å². The molecule has 2 N–H and O–H groups in total. The molecule has 120 valence electrons. The van der Waals surface area contributed by atoms with Crippen LogP contribution in [0, 0.1) is 0 Å². The number of nitrogens with one attached hydrogen (secondary N) is 2. The Morgan fingerprint density at radius 3 is 2.64 bits per heavy atom. The molecule has 0 heterocycles. The summed E-state index contributed by atoms with van der Waals surface area (Å²) in [4.78, 5) is 24.2. The zero-order valence-electron chi connectivity index (χ0n) is 13.1. The molecule has 22 heavy (non-hydrogen) atoms. The van der Waals surface area contributed by atoms with Crippen molar-refractivity contribution in [1.82, 2.24) is 10.6 Å². The molecule has 1 saturated carbocycles. The lowest BCUT2D eigenvalue weighted by atomic mass is 9.96. The first-order chi connectivity index (χ1) is 10.7. The minimum atomic E-state index is -0.431. The maximum Gasteiger partial charge on any atom is 0.321 e. The zero-order valence-corrected chi connectivity index (χ0v) is 13.1. The van der Waals surface area contributed by atoms with E-state index in [0.717, 1.165) is 32.1 Å². The van der Waals surface area contributed by atoms with Gasteiger partial charge in [0, 0.05) is 6.04 Å². The minimum Gasteiger partial charge on any atom is -0.493 e. The third-order valence-corrected chi connectivity index (χ3v) is 3.76. The van der Waals surface area contributed by atoms with Crippen LogP contribution < -0.4 is 15.4 Å². The number of hydrogen-bond acceptors (Lipinski definition) is 3. The SMILES string of the molecule is CCCOc1ccccc1C(=O)NC(=O)NC1CCCCC1. The Balaban J connectivity index is 1.92. The number of urea groups is 1. The maximum absolute atomic E-state index is 12.2. The van der Waals surface area contributed by atoms with Crippen molar-refractivity contribution in [2.24, 2.45) is 0 Å². The van der Waals surface area contributed by atoms with Crippen molar-refractivity contribution >= 4 is 11.9 Å². The van der Waals surface area contributed by atoms with E-state index >= 15 is 0 Å². The summed E-state index contributed by atoms with van der Waals surface area (Å²) in [6.45, 7) is 2.54. The van der Waals surface area contributed by atoms with Gasteiger partial charge in [-0.05, 0) is 31.4 Å². The molecule has 1 aromatic carbocycles. The Hall–Kier alpha value is -2.04. The van der Waals surface area contributed by atoms with Crippen molar-refractivity contribution in [1.29, 1.82) is 0 Å². The van der Waals surface area contributed by atoms with Gasteiger partial charge < -0.3 is 10.1 Å². The number of rotatable bonds is 5. The molecule has 0 bridgehead atoms. The number of para-hydroxylation sites is 1. The van der Waals surface area contributed by atoms with Crippen LogP contribution in [-0.2, 0) is 0 Å². The lowest BCUT2D eigenvalue weighted by molar-refractivity contribution is 0.0959. The standard InChI is InChI=1S/C17H24N2O3/c1-2-12-22-15-11-7-6-10-14(15)16(20)19-17(21)18-13-8-4-3-5-9-13/h6-7,10-11,13H,2-5,8-9,12H2,1H3,(H2,18,19,20,21). The first kappa shape index (κ1) is 16.3. The summed E-state index contributed by atoms with van der Waals surface area (Å²) >= 11 is 0. The van der Waals surface area contributed by atoms with Gasteiger partial charge in [-0.25, -0.2) is 4.79 Å². The lowest BCUT2D eigenvalue weighted by Gasteiger charge is -2.22. The van der Waals surface area contributed by atoms with E-state index in [1.165, 1.54) is 6.42 Å². The van der Waals surface area contributed by atoms with E-state index in [2.05, 4.69) is 10.6 Å². The van der Waals surface area contributed by atoms with Crippen LogP contribution in [0.3, 0.4) is 0 Å². The molecule has 5 nitrogen and oxygen atoms in total. The summed E-state index contributed by atoms with van der Waals surface area (Å²) in [6.07, 6.45) is 6.31. The van der Waals surface area contributed by atoms with E-state index in [9.17, 15) is 9.59 Å². The number of ether oxygens (including phenoxy) is 1. The zero-order chi connectivity index (χ0) is 15.8. The van der Waals surface area contributed by atoms with Gasteiger partial charge in [-0.2, -0.15) is 0 Å². The van der Waals surface area contributed by atoms with Crippen LogP contribution >= 0.6 is 0 Å². The number of amides is 3. The average molecular weight is 304 g/mol. The van der Waals surface area contributed by atoms with Crippen LogP contribution in [0.1, 0.15) is 55.8 Å². The smallest absolute Gasteiger partial charge is 0.321 e. The van der Waals surface area contributed by atoms with Gasteiger partial charge in [0.05, 0.1) is 12.2 Å². The molecule has 1 fully saturated rings. The molecule has 1 aliphatic rings. The summed E-state index contributed by atoms with van der Waals surface area (Å²) in [5.41, 5.74) is 0.384. The highest BCUT2D eigenvalue weighted by Gasteiger charge is 2.19. The van der Waals surface area contributed by atoms with E-state index in [-0.39, 0.29) is 6.04 Å². The quantitative estimate of drug-likeness (QED) is 0.877. The summed E-state index contributed by atoms with van der Waals surface area (Å²) in [6, 6.07) is 6.71. The van der Waals surface area contributed by atoms with E-state index in [4.69, 9.17) is 4.74 Å². The highest BCUT2D eigenvalue weighted by atomic mass is 16.5. The first-order valence-electron chi connectivity index (χ1n) is 8.04. The number of imide groups is 1. The van der Waals surface area contributed by atoms with Gasteiger partial charge in [0.2, 0.25) is 0 Å². The fraction of sp³-hybridized carbons (Fsp3) is 0.529. The molecule has 1 aliphatic carbocycles. The van der Waals surface area contributed by atoms with Gasteiger partial charge in [-0.1, -0.05) is 38.3 Å². The van der Waals surface area contributed by atoms with Crippen LogP contribution in [0.4, 0.5) is 4.79 Å². The Kier molecular flexibility index (Phi) is 6.25. The molecule has 5 heteroatoms. The van der Waals surface area contributed by atoms with Gasteiger partial charge in [0.15, 0.2) is 0 Å². The average Bonchev–Trinajstić information content (AvgIpc) is 2.54. The van der Waals surface area contributed by atoms with Crippen molar-refractivity contribution < 1.29 is 14.3 Å². The van der Waals surface area contributed by atoms with Crippen molar-refractivity contribution in [3.8, 4) is 5.75 Å². The minimum absolute atomic E-state index is 0.174. The monoisotopic (exact) mass is 304 g/mol. The summed E-state index contributed by atoms with van der Waals surface area (Å²) in [7, 11) is 0. The summed E-state index contributed by atoms with van der Waals surface area (Å²) in [5, 5.41) is 5.26. The van der Waals surface area contributed by atoms with Crippen molar-refractivity contribution in [3.05, 3.63) is 29.8 Å². The maximum atomic E-state index is 12.2. The fourth-order valence-corrected chi connectivity index (χ4v) is 2.63. The molecule has 0 aromatic heterocycles. The summed E-state index contributed by atoms with van der Waals surface area (Å²) < 4.78 is 5.55. The van der Waals surface area contributed by atoms with Gasteiger partial charge in [-0.3, -0.25) is 10.1 Å². The van der Waals surface area contributed by atoms with E-state index in [1.807, 2.05) is 13.0 Å². The molecule has 3 amide bonds. The second-order valence-electron chi connectivity index (χ2n) is 5.61. The van der Waals surface area contributed by atoms with Crippen LogP contribution in [0.15, 0.2) is 24.3 Å². The fourth-order valence-electron chi connectivity index (χ4n) is 2.63. The molecular weight excluding hydrogens is 280 g/mol. The van der Waals surface area contributed by atoms with Gasteiger partial charge >= 0.3 is 6.03 Å². The molecule has 1 aromatic rings. The lowest BCUT2D eigenvalue weighted by Crippen LogP contribution is -2.45. The van der Waals surface area contributed by atoms with Crippen LogP contribution in [0.5, 0.6) is 5.75 Å². The second kappa shape index (κ2) is 8.41. The van der Waals surface area contributed by atoms with E-state index in [0.29, 0.717) is 17.9 Å². The van der Waals surface area contributed by atoms with Gasteiger partial charge in [-0.15, -0.1) is 0 Å². The Labute approximate surface area is 131 Å². The predicted octanol–water partition coefficient (Wildman–Crippen LogP) is 3.25. The third-order valence-electron chi connectivity index (χ3n) is 3.76.